The number of pyridine rings is 1. The predicted molar refractivity (Wildman–Crippen MR) is 110 cm³/mol. The van der Waals surface area contributed by atoms with Gasteiger partial charge in [-0.25, -0.2) is 0 Å². The van der Waals surface area contributed by atoms with Crippen molar-refractivity contribution in [3.8, 4) is 11.5 Å². The number of benzene rings is 2. The van der Waals surface area contributed by atoms with E-state index >= 15 is 0 Å². The van der Waals surface area contributed by atoms with Gasteiger partial charge >= 0.3 is 0 Å². The van der Waals surface area contributed by atoms with E-state index in [1.165, 1.54) is 6.20 Å². The minimum Gasteiger partial charge on any atom is -0.497 e. The Morgan fingerprint density at radius 1 is 1.04 bits per heavy atom. The molecule has 0 unspecified atom stereocenters. The number of carbonyl (C=O) groups excluding carboxylic acids is 1. The van der Waals surface area contributed by atoms with Gasteiger partial charge in [-0.2, -0.15) is 0 Å². The van der Waals surface area contributed by atoms with Gasteiger partial charge in [0, 0.05) is 17.8 Å². The highest BCUT2D eigenvalue weighted by Crippen LogP contribution is 2.30. The molecule has 7 heteroatoms. The van der Waals surface area contributed by atoms with Crippen LogP contribution in [0.4, 0.5) is 11.4 Å². The maximum absolute atomic E-state index is 12.5. The van der Waals surface area contributed by atoms with Gasteiger partial charge in [-0.05, 0) is 42.0 Å². The molecular formula is C21H20ClN3O3. The highest BCUT2D eigenvalue weighted by atomic mass is 35.5. The Hall–Kier alpha value is -3.25. The van der Waals surface area contributed by atoms with Crippen molar-refractivity contribution in [1.29, 1.82) is 0 Å². The number of carbonyl (C=O) groups is 1. The van der Waals surface area contributed by atoms with Gasteiger partial charge in [-0.1, -0.05) is 23.7 Å². The summed E-state index contributed by atoms with van der Waals surface area (Å²) in [6.45, 7) is 0.405. The molecule has 1 amide bonds. The maximum atomic E-state index is 12.5. The van der Waals surface area contributed by atoms with Crippen molar-refractivity contribution < 1.29 is 14.3 Å². The van der Waals surface area contributed by atoms with Crippen LogP contribution in [0.5, 0.6) is 11.5 Å². The summed E-state index contributed by atoms with van der Waals surface area (Å²) >= 11 is 6.06. The van der Waals surface area contributed by atoms with E-state index in [1.807, 2.05) is 24.3 Å². The summed E-state index contributed by atoms with van der Waals surface area (Å²) in [5.74, 6) is 1.19. The van der Waals surface area contributed by atoms with E-state index in [4.69, 9.17) is 21.1 Å². The molecule has 0 aliphatic carbocycles. The number of hydrogen-bond donors (Lipinski definition) is 2. The Kier molecular flexibility index (Phi) is 6.34. The first-order chi connectivity index (χ1) is 13.6. The van der Waals surface area contributed by atoms with Crippen LogP contribution in [0.15, 0.2) is 60.9 Å². The molecule has 1 aromatic heterocycles. The van der Waals surface area contributed by atoms with Crippen LogP contribution in [0.25, 0.3) is 0 Å². The molecule has 0 aliphatic heterocycles. The van der Waals surface area contributed by atoms with Gasteiger partial charge in [-0.15, -0.1) is 0 Å². The van der Waals surface area contributed by atoms with Gasteiger partial charge in [0.2, 0.25) is 0 Å². The fraction of sp³-hybridized carbons (Fsp3) is 0.143. The summed E-state index contributed by atoms with van der Waals surface area (Å²) in [5.41, 5.74) is 2.75. The molecule has 0 radical (unpaired) electrons. The fourth-order valence-electron chi connectivity index (χ4n) is 2.59. The minimum absolute atomic E-state index is 0.218. The molecule has 2 N–H and O–H groups in total. The molecule has 0 aliphatic rings. The lowest BCUT2D eigenvalue weighted by Gasteiger charge is -2.12. The summed E-state index contributed by atoms with van der Waals surface area (Å²) in [6, 6.07) is 14.5. The van der Waals surface area contributed by atoms with E-state index in [0.29, 0.717) is 34.3 Å². The summed E-state index contributed by atoms with van der Waals surface area (Å²) < 4.78 is 10.5. The van der Waals surface area contributed by atoms with E-state index in [-0.39, 0.29) is 5.91 Å². The number of aromatic nitrogens is 1. The van der Waals surface area contributed by atoms with E-state index in [2.05, 4.69) is 15.6 Å². The lowest BCUT2D eigenvalue weighted by atomic mass is 10.2. The third-order valence-corrected chi connectivity index (χ3v) is 4.29. The second kappa shape index (κ2) is 9.10. The molecule has 0 fully saturated rings. The smallest absolute Gasteiger partial charge is 0.253 e. The molecule has 0 atom stereocenters. The standard InChI is InChI=1S/C21H20ClN3O3/c1-27-18-6-3-14(4-7-18)11-24-21(26)15-9-17(13-23-12-15)25-19-10-16(22)5-8-20(19)28-2/h3-10,12-13,25H,11H2,1-2H3,(H,24,26). The number of amides is 1. The van der Waals surface area contributed by atoms with Crippen molar-refractivity contribution in [3.63, 3.8) is 0 Å². The number of nitrogens with one attached hydrogen (secondary N) is 2. The molecule has 2 aromatic carbocycles. The van der Waals surface area contributed by atoms with Crippen LogP contribution in [0.1, 0.15) is 15.9 Å². The minimum atomic E-state index is -0.218. The number of rotatable bonds is 7. The van der Waals surface area contributed by atoms with Crippen LogP contribution >= 0.6 is 11.6 Å². The van der Waals surface area contributed by atoms with Crippen LogP contribution < -0.4 is 20.1 Å². The van der Waals surface area contributed by atoms with Gasteiger partial charge < -0.3 is 20.1 Å². The molecule has 0 spiro atoms. The summed E-state index contributed by atoms with van der Waals surface area (Å²) in [6.07, 6.45) is 3.14. The third kappa shape index (κ3) is 4.92. The van der Waals surface area contributed by atoms with E-state index < -0.39 is 0 Å². The lowest BCUT2D eigenvalue weighted by Crippen LogP contribution is -2.23. The Morgan fingerprint density at radius 2 is 1.82 bits per heavy atom. The Bertz CT molecular complexity index is 961. The van der Waals surface area contributed by atoms with E-state index in [1.54, 1.807) is 44.7 Å². The van der Waals surface area contributed by atoms with E-state index in [9.17, 15) is 4.79 Å². The fourth-order valence-corrected chi connectivity index (χ4v) is 2.77. The average Bonchev–Trinajstić information content (AvgIpc) is 2.73. The zero-order valence-electron chi connectivity index (χ0n) is 15.5. The van der Waals surface area contributed by atoms with Gasteiger partial charge in [0.25, 0.3) is 5.91 Å². The monoisotopic (exact) mass is 397 g/mol. The largest absolute Gasteiger partial charge is 0.497 e. The average molecular weight is 398 g/mol. The van der Waals surface area contributed by atoms with Gasteiger partial charge in [-0.3, -0.25) is 9.78 Å². The van der Waals surface area contributed by atoms with Crippen LogP contribution in [-0.2, 0) is 6.54 Å². The van der Waals surface area contributed by atoms with Crippen LogP contribution in [-0.4, -0.2) is 25.1 Å². The number of ether oxygens (including phenoxy) is 2. The molecule has 0 saturated heterocycles. The summed E-state index contributed by atoms with van der Waals surface area (Å²) in [4.78, 5) is 16.6. The number of methoxy groups -OCH3 is 2. The SMILES string of the molecule is COc1ccc(CNC(=O)c2cncc(Nc3cc(Cl)ccc3OC)c2)cc1. The normalized spacial score (nSPS) is 10.2. The third-order valence-electron chi connectivity index (χ3n) is 4.05. The molecule has 28 heavy (non-hydrogen) atoms. The first-order valence-electron chi connectivity index (χ1n) is 8.56. The topological polar surface area (TPSA) is 72.5 Å². The Labute approximate surface area is 168 Å². The Morgan fingerprint density at radius 3 is 2.54 bits per heavy atom. The zero-order valence-corrected chi connectivity index (χ0v) is 16.3. The van der Waals surface area contributed by atoms with Crippen molar-refractivity contribution in [3.05, 3.63) is 77.1 Å². The lowest BCUT2D eigenvalue weighted by molar-refractivity contribution is 0.0950. The highest BCUT2D eigenvalue weighted by Gasteiger charge is 2.09. The number of halogens is 1. The number of anilines is 2. The maximum Gasteiger partial charge on any atom is 0.253 e. The summed E-state index contributed by atoms with van der Waals surface area (Å²) in [5, 5.41) is 6.64. The molecule has 6 nitrogen and oxygen atoms in total. The van der Waals surface area contributed by atoms with Gasteiger partial charge in [0.05, 0.1) is 37.4 Å². The molecule has 0 bridgehead atoms. The number of nitrogens with zero attached hydrogens (tertiary/aromatic N) is 1. The Balaban J connectivity index is 1.68. The predicted octanol–water partition coefficient (Wildman–Crippen LogP) is 4.43. The van der Waals surface area contributed by atoms with Gasteiger partial charge in [0.15, 0.2) is 0 Å². The molecular weight excluding hydrogens is 378 g/mol. The summed E-state index contributed by atoms with van der Waals surface area (Å²) in [7, 11) is 3.19. The van der Waals surface area contributed by atoms with Gasteiger partial charge in [0.1, 0.15) is 11.5 Å². The molecule has 0 saturated carbocycles. The van der Waals surface area contributed by atoms with Crippen molar-refractivity contribution in [1.82, 2.24) is 10.3 Å². The van der Waals surface area contributed by atoms with Crippen LogP contribution in [0.3, 0.4) is 0 Å². The number of hydrogen-bond acceptors (Lipinski definition) is 5. The molecule has 144 valence electrons. The molecule has 3 aromatic rings. The van der Waals surface area contributed by atoms with Crippen LogP contribution in [0, 0.1) is 0 Å². The van der Waals surface area contributed by atoms with Crippen LogP contribution in [0.2, 0.25) is 5.02 Å². The van der Waals surface area contributed by atoms with E-state index in [0.717, 1.165) is 11.3 Å². The second-order valence-electron chi connectivity index (χ2n) is 5.96. The van der Waals surface area contributed by atoms with Crippen molar-refractivity contribution >= 4 is 28.9 Å². The first-order valence-corrected chi connectivity index (χ1v) is 8.93. The molecule has 3 rings (SSSR count). The second-order valence-corrected chi connectivity index (χ2v) is 6.40. The first kappa shape index (κ1) is 19.5. The highest BCUT2D eigenvalue weighted by molar-refractivity contribution is 6.31. The van der Waals surface area contributed by atoms with Crippen molar-refractivity contribution in [2.24, 2.45) is 0 Å². The van der Waals surface area contributed by atoms with Crippen molar-refractivity contribution in [2.75, 3.05) is 19.5 Å². The quantitative estimate of drug-likeness (QED) is 0.617. The zero-order chi connectivity index (χ0) is 19.9. The van der Waals surface area contributed by atoms with Crippen molar-refractivity contribution in [2.45, 2.75) is 6.54 Å². The molecule has 1 heterocycles.